The zero-order valence-electron chi connectivity index (χ0n) is 13.9. The van der Waals surface area contributed by atoms with E-state index < -0.39 is 16.1 Å². The molecule has 0 bridgehead atoms. The Morgan fingerprint density at radius 3 is 2.42 bits per heavy atom. The van der Waals surface area contributed by atoms with Crippen molar-refractivity contribution in [3.05, 3.63) is 29.8 Å². The van der Waals surface area contributed by atoms with Crippen LogP contribution in [0.1, 0.15) is 24.5 Å². The Balaban J connectivity index is 1.80. The number of carbonyl (C=O) groups excluding carboxylic acids is 1. The highest BCUT2D eigenvalue weighted by atomic mass is 32.2. The van der Waals surface area contributed by atoms with Crippen LogP contribution in [0.5, 0.6) is 0 Å². The molecule has 0 unspecified atom stereocenters. The summed E-state index contributed by atoms with van der Waals surface area (Å²) >= 11 is 1.63. The van der Waals surface area contributed by atoms with E-state index in [0.717, 1.165) is 10.5 Å². The number of thioether (sulfide) groups is 1. The van der Waals surface area contributed by atoms with Crippen LogP contribution in [0, 0.1) is 5.92 Å². The lowest BCUT2D eigenvalue weighted by Crippen LogP contribution is -2.43. The number of piperidine rings is 1. The summed E-state index contributed by atoms with van der Waals surface area (Å²) in [5.74, 6) is -0.322. The summed E-state index contributed by atoms with van der Waals surface area (Å²) in [5, 5.41) is 12.9. The van der Waals surface area contributed by atoms with Gasteiger partial charge in [0.05, 0.1) is 12.4 Å². The topological polar surface area (TPSA) is 86.7 Å². The molecule has 0 aliphatic carbocycles. The quantitative estimate of drug-likeness (QED) is 0.734. The number of aliphatic hydroxyl groups excluding tert-OH is 1. The van der Waals surface area contributed by atoms with E-state index in [1.54, 1.807) is 11.8 Å². The summed E-state index contributed by atoms with van der Waals surface area (Å²) in [6.07, 6.45) is 3.45. The first kappa shape index (κ1) is 19.2. The molecule has 8 heteroatoms. The van der Waals surface area contributed by atoms with Crippen molar-refractivity contribution >= 4 is 27.7 Å². The van der Waals surface area contributed by atoms with Crippen molar-refractivity contribution in [1.82, 2.24) is 9.62 Å². The lowest BCUT2D eigenvalue weighted by Gasteiger charge is -2.29. The van der Waals surface area contributed by atoms with Crippen molar-refractivity contribution in [2.45, 2.75) is 23.8 Å². The van der Waals surface area contributed by atoms with Crippen molar-refractivity contribution in [2.24, 2.45) is 5.92 Å². The summed E-state index contributed by atoms with van der Waals surface area (Å²) in [5.41, 5.74) is 0.764. The standard InChI is InChI=1S/C16H24N2O4S2/c1-23-14-5-3-12(4-6-14)15(19)11-17-16(20)13-7-9-18(10-8-13)24(2,21)22/h3-6,13,15,19H,7-11H2,1-2H3,(H,17,20)/t15-/m1/s1. The first-order valence-corrected chi connectivity index (χ1v) is 10.9. The molecule has 0 saturated carbocycles. The van der Waals surface area contributed by atoms with Gasteiger partial charge in [-0.3, -0.25) is 4.79 Å². The maximum Gasteiger partial charge on any atom is 0.223 e. The molecule has 1 saturated heterocycles. The van der Waals surface area contributed by atoms with Gasteiger partial charge in [0.15, 0.2) is 0 Å². The Kier molecular flexibility index (Phi) is 6.68. The minimum absolute atomic E-state index is 0.122. The van der Waals surface area contributed by atoms with Gasteiger partial charge in [-0.25, -0.2) is 12.7 Å². The largest absolute Gasteiger partial charge is 0.387 e. The summed E-state index contributed by atoms with van der Waals surface area (Å²) in [4.78, 5) is 13.3. The number of sulfonamides is 1. The molecule has 134 valence electrons. The van der Waals surface area contributed by atoms with Crippen LogP contribution in [-0.2, 0) is 14.8 Å². The fraction of sp³-hybridized carbons (Fsp3) is 0.562. The molecular formula is C16H24N2O4S2. The molecule has 0 aromatic heterocycles. The van der Waals surface area contributed by atoms with Crippen LogP contribution in [0.15, 0.2) is 29.2 Å². The highest BCUT2D eigenvalue weighted by molar-refractivity contribution is 7.98. The Hall–Kier alpha value is -1.09. The normalized spacial score (nSPS) is 18.3. The molecule has 6 nitrogen and oxygen atoms in total. The maximum absolute atomic E-state index is 12.2. The second-order valence-corrected chi connectivity index (χ2v) is 8.83. The van der Waals surface area contributed by atoms with Crippen molar-refractivity contribution in [3.63, 3.8) is 0 Å². The van der Waals surface area contributed by atoms with Gasteiger partial charge >= 0.3 is 0 Å². The molecule has 0 radical (unpaired) electrons. The predicted octanol–water partition coefficient (Wildman–Crippen LogP) is 1.23. The molecule has 1 atom stereocenters. The number of hydrogen-bond donors (Lipinski definition) is 2. The van der Waals surface area contributed by atoms with Crippen molar-refractivity contribution in [2.75, 3.05) is 32.1 Å². The van der Waals surface area contributed by atoms with Gasteiger partial charge in [0, 0.05) is 30.4 Å². The molecule has 1 aromatic rings. The number of amides is 1. The minimum Gasteiger partial charge on any atom is -0.387 e. The van der Waals surface area contributed by atoms with E-state index >= 15 is 0 Å². The van der Waals surface area contributed by atoms with Crippen LogP contribution in [0.25, 0.3) is 0 Å². The first-order valence-electron chi connectivity index (χ1n) is 7.86. The summed E-state index contributed by atoms with van der Waals surface area (Å²) in [6, 6.07) is 7.58. The van der Waals surface area contributed by atoms with Gasteiger partial charge in [0.25, 0.3) is 0 Å². The SMILES string of the molecule is CSc1ccc([C@H](O)CNC(=O)C2CCN(S(C)(=O)=O)CC2)cc1. The smallest absolute Gasteiger partial charge is 0.223 e. The van der Waals surface area contributed by atoms with Gasteiger partial charge in [0.1, 0.15) is 0 Å². The lowest BCUT2D eigenvalue weighted by atomic mass is 9.97. The van der Waals surface area contributed by atoms with E-state index in [1.807, 2.05) is 30.5 Å². The van der Waals surface area contributed by atoms with E-state index in [-0.39, 0.29) is 18.4 Å². The molecule has 1 aliphatic rings. The fourth-order valence-corrected chi connectivity index (χ4v) is 4.02. The first-order chi connectivity index (χ1) is 11.3. The number of rotatable bonds is 6. The van der Waals surface area contributed by atoms with Crippen LogP contribution in [0.3, 0.4) is 0 Å². The van der Waals surface area contributed by atoms with Crippen molar-refractivity contribution < 1.29 is 18.3 Å². The number of nitrogens with one attached hydrogen (secondary N) is 1. The van der Waals surface area contributed by atoms with Crippen molar-refractivity contribution in [1.29, 1.82) is 0 Å². The number of benzene rings is 1. The van der Waals surface area contributed by atoms with Crippen LogP contribution < -0.4 is 5.32 Å². The highest BCUT2D eigenvalue weighted by Gasteiger charge is 2.29. The highest BCUT2D eigenvalue weighted by Crippen LogP contribution is 2.21. The summed E-state index contributed by atoms with van der Waals surface area (Å²) in [6.45, 7) is 0.898. The van der Waals surface area contributed by atoms with Gasteiger partial charge in [-0.15, -0.1) is 11.8 Å². The zero-order valence-corrected chi connectivity index (χ0v) is 15.6. The molecule has 1 heterocycles. The van der Waals surface area contributed by atoms with Crippen molar-refractivity contribution in [3.8, 4) is 0 Å². The molecule has 2 N–H and O–H groups in total. The maximum atomic E-state index is 12.2. The van der Waals surface area contributed by atoms with Gasteiger partial charge in [-0.05, 0) is 36.8 Å². The second kappa shape index (κ2) is 8.33. The number of nitrogens with zero attached hydrogens (tertiary/aromatic N) is 1. The lowest BCUT2D eigenvalue weighted by molar-refractivity contribution is -0.126. The third kappa shape index (κ3) is 5.20. The molecule has 0 spiro atoms. The van der Waals surface area contributed by atoms with E-state index in [4.69, 9.17) is 0 Å². The molecule has 2 rings (SSSR count). The second-order valence-electron chi connectivity index (χ2n) is 5.97. The summed E-state index contributed by atoms with van der Waals surface area (Å²) in [7, 11) is -3.18. The zero-order chi connectivity index (χ0) is 17.7. The number of hydrogen-bond acceptors (Lipinski definition) is 5. The monoisotopic (exact) mass is 372 g/mol. The molecule has 1 fully saturated rings. The van der Waals surface area contributed by atoms with Gasteiger partial charge in [-0.2, -0.15) is 0 Å². The molecular weight excluding hydrogens is 348 g/mol. The fourth-order valence-electron chi connectivity index (χ4n) is 2.74. The van der Waals surface area contributed by atoms with Gasteiger partial charge in [-0.1, -0.05) is 12.1 Å². The third-order valence-electron chi connectivity index (χ3n) is 4.26. The van der Waals surface area contributed by atoms with E-state index in [0.29, 0.717) is 25.9 Å². The Labute approximate surface area is 147 Å². The Bertz CT molecular complexity index is 653. The van der Waals surface area contributed by atoms with Crippen LogP contribution >= 0.6 is 11.8 Å². The summed E-state index contributed by atoms with van der Waals surface area (Å²) < 4.78 is 24.3. The molecule has 1 aromatic carbocycles. The number of carbonyl (C=O) groups is 1. The van der Waals surface area contributed by atoms with Crippen LogP contribution in [-0.4, -0.2) is 55.9 Å². The molecule has 1 aliphatic heterocycles. The third-order valence-corrected chi connectivity index (χ3v) is 6.31. The number of aliphatic hydroxyl groups is 1. The Morgan fingerprint density at radius 1 is 1.33 bits per heavy atom. The van der Waals surface area contributed by atoms with Gasteiger partial charge in [0.2, 0.25) is 15.9 Å². The minimum atomic E-state index is -3.18. The average molecular weight is 373 g/mol. The predicted molar refractivity (Wildman–Crippen MR) is 95.3 cm³/mol. The van der Waals surface area contributed by atoms with Gasteiger partial charge < -0.3 is 10.4 Å². The molecule has 1 amide bonds. The Morgan fingerprint density at radius 2 is 1.92 bits per heavy atom. The molecule has 24 heavy (non-hydrogen) atoms. The van der Waals surface area contributed by atoms with E-state index in [1.165, 1.54) is 10.6 Å². The van der Waals surface area contributed by atoms with Crippen LogP contribution in [0.2, 0.25) is 0 Å². The van der Waals surface area contributed by atoms with Crippen LogP contribution in [0.4, 0.5) is 0 Å². The van der Waals surface area contributed by atoms with E-state index in [2.05, 4.69) is 5.32 Å². The average Bonchev–Trinajstić information content (AvgIpc) is 2.58. The van der Waals surface area contributed by atoms with E-state index in [9.17, 15) is 18.3 Å².